The fourth-order valence-electron chi connectivity index (χ4n) is 3.54. The number of rotatable bonds is 9. The Kier molecular flexibility index (Phi) is 7.33. The van der Waals surface area contributed by atoms with Crippen molar-refractivity contribution in [3.8, 4) is 0 Å². The molecule has 1 aliphatic rings. The molecular weight excluding hydrogens is 280 g/mol. The summed E-state index contributed by atoms with van der Waals surface area (Å²) in [5.41, 5.74) is 0.0401. The van der Waals surface area contributed by atoms with Crippen molar-refractivity contribution in [2.45, 2.75) is 72.3 Å². The Bertz CT molecular complexity index is 345. The van der Waals surface area contributed by atoms with Crippen molar-refractivity contribution in [2.24, 2.45) is 17.3 Å². The molecular formula is C18H34O4. The highest BCUT2D eigenvalue weighted by atomic mass is 16.6. The zero-order valence-electron chi connectivity index (χ0n) is 15.0. The largest absolute Gasteiger partial charge is 0.481 e. The average molecular weight is 314 g/mol. The Morgan fingerprint density at radius 3 is 2.55 bits per heavy atom. The molecule has 4 heteroatoms. The molecule has 0 aliphatic carbocycles. The zero-order chi connectivity index (χ0) is 16.8. The summed E-state index contributed by atoms with van der Waals surface area (Å²) in [7, 11) is 0. The van der Waals surface area contributed by atoms with E-state index in [2.05, 4.69) is 27.7 Å². The van der Waals surface area contributed by atoms with E-state index in [4.69, 9.17) is 14.6 Å². The lowest BCUT2D eigenvalue weighted by Crippen LogP contribution is -2.45. The van der Waals surface area contributed by atoms with Crippen LogP contribution in [0.5, 0.6) is 0 Å². The minimum absolute atomic E-state index is 0.154. The number of hydrogen-bond donors (Lipinski definition) is 1. The minimum atomic E-state index is -0.695. The number of carboxylic acid groups (broad SMARTS) is 1. The minimum Gasteiger partial charge on any atom is -0.481 e. The molecule has 1 aliphatic heterocycles. The van der Waals surface area contributed by atoms with Gasteiger partial charge in [0.15, 0.2) is 0 Å². The third-order valence-corrected chi connectivity index (χ3v) is 5.01. The molecule has 3 unspecified atom stereocenters. The lowest BCUT2D eigenvalue weighted by molar-refractivity contribution is -0.172. The van der Waals surface area contributed by atoms with Crippen molar-refractivity contribution in [3.05, 3.63) is 0 Å². The molecule has 3 atom stereocenters. The van der Waals surface area contributed by atoms with Gasteiger partial charge in [-0.15, -0.1) is 0 Å². The fourth-order valence-corrected chi connectivity index (χ4v) is 3.54. The van der Waals surface area contributed by atoms with Gasteiger partial charge in [0.05, 0.1) is 25.4 Å². The standard InChI is InChI=1S/C18H34O4/c1-14(11-16(19)20)12-17(3,4)8-6-7-15(2)18(5)13-21-9-10-22-18/h14-15H,6-13H2,1-5H3,(H,19,20). The van der Waals surface area contributed by atoms with Crippen LogP contribution in [0.2, 0.25) is 0 Å². The maximum atomic E-state index is 10.8. The number of aliphatic carboxylic acids is 1. The zero-order valence-corrected chi connectivity index (χ0v) is 15.0. The van der Waals surface area contributed by atoms with Gasteiger partial charge in [-0.25, -0.2) is 0 Å². The first-order valence-electron chi connectivity index (χ1n) is 8.58. The summed E-state index contributed by atoms with van der Waals surface area (Å²) in [5, 5.41) is 8.88. The third-order valence-electron chi connectivity index (χ3n) is 5.01. The predicted octanol–water partition coefficient (Wildman–Crippen LogP) is 4.13. The molecule has 0 aromatic heterocycles. The van der Waals surface area contributed by atoms with E-state index in [1.807, 2.05) is 6.92 Å². The molecule has 0 radical (unpaired) electrons. The van der Waals surface area contributed by atoms with Crippen molar-refractivity contribution in [1.82, 2.24) is 0 Å². The van der Waals surface area contributed by atoms with Gasteiger partial charge in [-0.2, -0.15) is 0 Å². The van der Waals surface area contributed by atoms with Gasteiger partial charge in [0, 0.05) is 6.42 Å². The van der Waals surface area contributed by atoms with Crippen LogP contribution < -0.4 is 0 Å². The monoisotopic (exact) mass is 314 g/mol. The molecule has 1 heterocycles. The molecule has 0 bridgehead atoms. The molecule has 130 valence electrons. The Hall–Kier alpha value is -0.610. The smallest absolute Gasteiger partial charge is 0.303 e. The van der Waals surface area contributed by atoms with Crippen LogP contribution in [-0.4, -0.2) is 36.5 Å². The number of ether oxygens (including phenoxy) is 2. The molecule has 1 fully saturated rings. The highest BCUT2D eigenvalue weighted by Gasteiger charge is 2.34. The highest BCUT2D eigenvalue weighted by molar-refractivity contribution is 5.66. The van der Waals surface area contributed by atoms with Crippen molar-refractivity contribution in [2.75, 3.05) is 19.8 Å². The molecule has 0 amide bonds. The summed E-state index contributed by atoms with van der Waals surface area (Å²) in [6.45, 7) is 13.0. The summed E-state index contributed by atoms with van der Waals surface area (Å²) in [6, 6.07) is 0. The number of carboxylic acids is 1. The molecule has 1 N–H and O–H groups in total. The van der Waals surface area contributed by atoms with Crippen LogP contribution in [0.3, 0.4) is 0 Å². The molecule has 0 aromatic carbocycles. The second kappa shape index (κ2) is 8.30. The average Bonchev–Trinajstić information content (AvgIpc) is 2.37. The lowest BCUT2D eigenvalue weighted by Gasteiger charge is -2.39. The van der Waals surface area contributed by atoms with Crippen molar-refractivity contribution >= 4 is 5.97 Å². The van der Waals surface area contributed by atoms with E-state index in [1.165, 1.54) is 0 Å². The van der Waals surface area contributed by atoms with Crippen LogP contribution in [0.1, 0.15) is 66.7 Å². The van der Waals surface area contributed by atoms with Gasteiger partial charge in [0.1, 0.15) is 0 Å². The van der Waals surface area contributed by atoms with E-state index in [1.54, 1.807) is 0 Å². The van der Waals surface area contributed by atoms with Crippen LogP contribution in [0.25, 0.3) is 0 Å². The first-order chi connectivity index (χ1) is 10.1. The van der Waals surface area contributed by atoms with Gasteiger partial charge < -0.3 is 14.6 Å². The van der Waals surface area contributed by atoms with E-state index in [-0.39, 0.29) is 23.4 Å². The van der Waals surface area contributed by atoms with E-state index in [0.29, 0.717) is 25.7 Å². The third kappa shape index (κ3) is 6.66. The van der Waals surface area contributed by atoms with Crippen LogP contribution in [-0.2, 0) is 14.3 Å². The van der Waals surface area contributed by atoms with E-state index in [0.717, 1.165) is 25.7 Å². The molecule has 0 spiro atoms. The molecule has 1 saturated heterocycles. The van der Waals surface area contributed by atoms with Crippen LogP contribution in [0, 0.1) is 17.3 Å². The summed E-state index contributed by atoms with van der Waals surface area (Å²) >= 11 is 0. The second-order valence-corrected chi connectivity index (χ2v) is 8.08. The van der Waals surface area contributed by atoms with Gasteiger partial charge in [-0.1, -0.05) is 34.1 Å². The number of carbonyl (C=O) groups is 1. The van der Waals surface area contributed by atoms with Gasteiger partial charge in [0.25, 0.3) is 0 Å². The molecule has 22 heavy (non-hydrogen) atoms. The van der Waals surface area contributed by atoms with Crippen LogP contribution in [0.15, 0.2) is 0 Å². The summed E-state index contributed by atoms with van der Waals surface area (Å²) in [5.74, 6) is 0.0110. The van der Waals surface area contributed by atoms with Gasteiger partial charge in [-0.05, 0) is 43.4 Å². The summed E-state index contributed by atoms with van der Waals surface area (Å²) in [6.07, 6.45) is 4.62. The first-order valence-corrected chi connectivity index (χ1v) is 8.58. The topological polar surface area (TPSA) is 55.8 Å². The SMILES string of the molecule is CC(CC(=O)O)CC(C)(C)CCCC(C)C1(C)COCCO1. The Balaban J connectivity index is 2.33. The molecule has 1 rings (SSSR count). The first kappa shape index (κ1) is 19.4. The number of hydrogen-bond acceptors (Lipinski definition) is 3. The fraction of sp³-hybridized carbons (Fsp3) is 0.944. The Morgan fingerprint density at radius 1 is 1.32 bits per heavy atom. The molecule has 4 nitrogen and oxygen atoms in total. The molecule has 0 saturated carbocycles. The van der Waals surface area contributed by atoms with Crippen LogP contribution in [0.4, 0.5) is 0 Å². The Morgan fingerprint density at radius 2 is 2.00 bits per heavy atom. The predicted molar refractivity (Wildman–Crippen MR) is 88.0 cm³/mol. The van der Waals surface area contributed by atoms with Gasteiger partial charge >= 0.3 is 5.97 Å². The quantitative estimate of drug-likeness (QED) is 0.695. The van der Waals surface area contributed by atoms with Gasteiger partial charge in [-0.3, -0.25) is 4.79 Å². The molecule has 0 aromatic rings. The van der Waals surface area contributed by atoms with Gasteiger partial charge in [0.2, 0.25) is 0 Å². The van der Waals surface area contributed by atoms with E-state index >= 15 is 0 Å². The van der Waals surface area contributed by atoms with E-state index < -0.39 is 5.97 Å². The summed E-state index contributed by atoms with van der Waals surface area (Å²) in [4.78, 5) is 10.8. The Labute approximate surface area is 135 Å². The maximum Gasteiger partial charge on any atom is 0.303 e. The second-order valence-electron chi connectivity index (χ2n) is 8.08. The normalized spacial score (nSPS) is 25.7. The van der Waals surface area contributed by atoms with Crippen molar-refractivity contribution in [1.29, 1.82) is 0 Å². The summed E-state index contributed by atoms with van der Waals surface area (Å²) < 4.78 is 11.5. The lowest BCUT2D eigenvalue weighted by atomic mass is 9.77. The van der Waals surface area contributed by atoms with Crippen molar-refractivity contribution < 1.29 is 19.4 Å². The van der Waals surface area contributed by atoms with Crippen molar-refractivity contribution in [3.63, 3.8) is 0 Å². The van der Waals surface area contributed by atoms with E-state index in [9.17, 15) is 4.79 Å². The highest BCUT2D eigenvalue weighted by Crippen LogP contribution is 2.35. The van der Waals surface area contributed by atoms with Crippen LogP contribution >= 0.6 is 0 Å². The maximum absolute atomic E-state index is 10.8.